The van der Waals surface area contributed by atoms with Crippen LogP contribution >= 0.6 is 0 Å². The molecule has 0 aliphatic heterocycles. The topological polar surface area (TPSA) is 209 Å². The second-order valence-electron chi connectivity index (χ2n) is 11.9. The molecule has 0 saturated carbocycles. The summed E-state index contributed by atoms with van der Waals surface area (Å²) in [6, 6.07) is -1.43. The summed E-state index contributed by atoms with van der Waals surface area (Å²) >= 11 is 0. The first-order chi connectivity index (χ1) is 23.3. The summed E-state index contributed by atoms with van der Waals surface area (Å²) in [6.45, 7) is 2.15. The van der Waals surface area contributed by atoms with Gasteiger partial charge in [-0.1, -0.05) is 77.0 Å². The molecule has 0 radical (unpaired) electrons. The molecule has 0 aromatic rings. The Hall–Kier alpha value is -3.26. The van der Waals surface area contributed by atoms with Crippen LogP contribution in [-0.2, 0) is 33.4 Å². The van der Waals surface area contributed by atoms with Crippen LogP contribution in [0.4, 0.5) is 4.79 Å². The first kappa shape index (κ1) is 44.7. The highest BCUT2D eigenvalue weighted by molar-refractivity contribution is 5.84. The van der Waals surface area contributed by atoms with Gasteiger partial charge in [-0.25, -0.2) is 9.59 Å². The predicted octanol–water partition coefficient (Wildman–Crippen LogP) is 4.09. The van der Waals surface area contributed by atoms with E-state index in [0.717, 1.165) is 38.5 Å². The minimum Gasteiger partial charge on any atom is -0.481 e. The maximum absolute atomic E-state index is 12.3. The van der Waals surface area contributed by atoms with Crippen molar-refractivity contribution in [2.45, 2.75) is 134 Å². The van der Waals surface area contributed by atoms with Gasteiger partial charge < -0.3 is 45.7 Å². The van der Waals surface area contributed by atoms with Crippen LogP contribution in [0.15, 0.2) is 0 Å². The third kappa shape index (κ3) is 32.7. The highest BCUT2D eigenvalue weighted by Gasteiger charge is 2.20. The standard InChI is InChI=1S/C34H62N4O10/c39-24-26-48-28-27-47-25-23-37-34(46)36-22-16-15-21-35-30(40)20-19-29(33(44)45)38-31(41)17-13-11-9-7-5-3-1-2-4-6-8-10-12-14-18-32(42)43/h24,29H,1-23,25-28H2,(H,35,40)(H,38,41)(H,42,43)(H,44,45)(H2,36,37,46)/t29-/m0/s1. The summed E-state index contributed by atoms with van der Waals surface area (Å²) in [7, 11) is 0. The van der Waals surface area contributed by atoms with E-state index in [-0.39, 0.29) is 50.1 Å². The fourth-order valence-corrected chi connectivity index (χ4v) is 4.90. The summed E-state index contributed by atoms with van der Waals surface area (Å²) < 4.78 is 10.2. The molecule has 0 aromatic carbocycles. The molecule has 14 heteroatoms. The number of urea groups is 1. The van der Waals surface area contributed by atoms with Crippen molar-refractivity contribution in [3.05, 3.63) is 0 Å². The predicted molar refractivity (Wildman–Crippen MR) is 182 cm³/mol. The number of rotatable bonds is 35. The maximum atomic E-state index is 12.3. The van der Waals surface area contributed by atoms with Gasteiger partial charge in [0.25, 0.3) is 0 Å². The molecule has 4 amide bonds. The van der Waals surface area contributed by atoms with Gasteiger partial charge in [0.2, 0.25) is 11.8 Å². The van der Waals surface area contributed by atoms with Gasteiger partial charge in [0.1, 0.15) is 18.9 Å². The monoisotopic (exact) mass is 686 g/mol. The number of unbranched alkanes of at least 4 members (excludes halogenated alkanes) is 14. The molecule has 14 nitrogen and oxygen atoms in total. The number of aldehydes is 1. The van der Waals surface area contributed by atoms with Gasteiger partial charge in [0.15, 0.2) is 0 Å². The molecule has 0 bridgehead atoms. The van der Waals surface area contributed by atoms with E-state index < -0.39 is 18.0 Å². The summed E-state index contributed by atoms with van der Waals surface area (Å²) in [4.78, 5) is 68.3. The zero-order chi connectivity index (χ0) is 35.5. The lowest BCUT2D eigenvalue weighted by molar-refractivity contribution is -0.142. The van der Waals surface area contributed by atoms with Crippen molar-refractivity contribution < 1.29 is 48.5 Å². The Kier molecular flexibility index (Phi) is 31.3. The maximum Gasteiger partial charge on any atom is 0.326 e. The average molecular weight is 687 g/mol. The molecule has 0 unspecified atom stereocenters. The molecular formula is C34H62N4O10. The second kappa shape index (κ2) is 33.6. The first-order valence-electron chi connectivity index (χ1n) is 17.9. The van der Waals surface area contributed by atoms with Gasteiger partial charge in [-0.2, -0.15) is 0 Å². The van der Waals surface area contributed by atoms with Crippen LogP contribution in [0.25, 0.3) is 0 Å². The van der Waals surface area contributed by atoms with Crippen molar-refractivity contribution in [1.29, 1.82) is 0 Å². The van der Waals surface area contributed by atoms with E-state index in [2.05, 4.69) is 21.3 Å². The molecule has 0 fully saturated rings. The molecule has 48 heavy (non-hydrogen) atoms. The lowest BCUT2D eigenvalue weighted by atomic mass is 10.0. The number of nitrogens with one attached hydrogen (secondary N) is 4. The molecule has 0 aliphatic carbocycles. The molecule has 0 spiro atoms. The van der Waals surface area contributed by atoms with E-state index in [9.17, 15) is 33.9 Å². The Morgan fingerprint density at radius 3 is 1.58 bits per heavy atom. The number of hydrogen-bond donors (Lipinski definition) is 6. The largest absolute Gasteiger partial charge is 0.481 e. The number of hydrogen-bond acceptors (Lipinski definition) is 8. The molecule has 0 rings (SSSR count). The van der Waals surface area contributed by atoms with E-state index in [1.165, 1.54) is 44.9 Å². The number of amides is 4. The SMILES string of the molecule is O=CCOCCOCCNC(=O)NCCCCNC(=O)CC[C@H](NC(=O)CCCCCCCCCCCCCCCCC(=O)O)C(=O)O. The van der Waals surface area contributed by atoms with Crippen molar-refractivity contribution in [1.82, 2.24) is 21.3 Å². The van der Waals surface area contributed by atoms with Gasteiger partial charge in [-0.15, -0.1) is 0 Å². The van der Waals surface area contributed by atoms with Crippen molar-refractivity contribution in [3.63, 3.8) is 0 Å². The Morgan fingerprint density at radius 2 is 1.04 bits per heavy atom. The van der Waals surface area contributed by atoms with Crippen LogP contribution in [0.5, 0.6) is 0 Å². The Labute approximate surface area is 286 Å². The molecule has 278 valence electrons. The third-order valence-electron chi connectivity index (χ3n) is 7.64. The van der Waals surface area contributed by atoms with Gasteiger partial charge in [0, 0.05) is 38.9 Å². The molecule has 6 N–H and O–H groups in total. The zero-order valence-corrected chi connectivity index (χ0v) is 28.9. The summed E-state index contributed by atoms with van der Waals surface area (Å²) in [5, 5.41) is 28.7. The highest BCUT2D eigenvalue weighted by atomic mass is 16.5. The van der Waals surface area contributed by atoms with Crippen LogP contribution in [0, 0.1) is 0 Å². The van der Waals surface area contributed by atoms with Gasteiger partial charge in [-0.3, -0.25) is 14.4 Å². The van der Waals surface area contributed by atoms with Crippen molar-refractivity contribution >= 4 is 36.1 Å². The van der Waals surface area contributed by atoms with E-state index in [0.29, 0.717) is 65.0 Å². The number of carbonyl (C=O) groups is 6. The van der Waals surface area contributed by atoms with Crippen LogP contribution < -0.4 is 21.3 Å². The highest BCUT2D eigenvalue weighted by Crippen LogP contribution is 2.14. The average Bonchev–Trinajstić information content (AvgIpc) is 3.05. The van der Waals surface area contributed by atoms with E-state index in [4.69, 9.17) is 14.6 Å². The van der Waals surface area contributed by atoms with Crippen molar-refractivity contribution in [2.75, 3.05) is 46.1 Å². The lowest BCUT2D eigenvalue weighted by Gasteiger charge is -2.14. The van der Waals surface area contributed by atoms with Crippen LogP contribution in [0.1, 0.15) is 128 Å². The van der Waals surface area contributed by atoms with Gasteiger partial charge in [0.05, 0.1) is 19.8 Å². The normalized spacial score (nSPS) is 11.4. The van der Waals surface area contributed by atoms with E-state index in [1.807, 2.05) is 0 Å². The van der Waals surface area contributed by atoms with E-state index in [1.54, 1.807) is 0 Å². The molecule has 0 heterocycles. The summed E-state index contributed by atoms with van der Waals surface area (Å²) in [6.07, 6.45) is 17.7. The van der Waals surface area contributed by atoms with Crippen LogP contribution in [-0.4, -0.2) is 98.4 Å². The quantitative estimate of drug-likeness (QED) is 0.0415. The summed E-state index contributed by atoms with van der Waals surface area (Å²) in [5.74, 6) is -2.47. The Balaban J connectivity index is 3.69. The van der Waals surface area contributed by atoms with Crippen LogP contribution in [0.2, 0.25) is 0 Å². The van der Waals surface area contributed by atoms with Gasteiger partial charge in [-0.05, 0) is 32.1 Å². The smallest absolute Gasteiger partial charge is 0.326 e. The first-order valence-corrected chi connectivity index (χ1v) is 17.9. The number of carbonyl (C=O) groups excluding carboxylic acids is 4. The third-order valence-corrected chi connectivity index (χ3v) is 7.64. The van der Waals surface area contributed by atoms with Crippen molar-refractivity contribution in [3.8, 4) is 0 Å². The van der Waals surface area contributed by atoms with E-state index >= 15 is 0 Å². The molecule has 1 atom stereocenters. The fraction of sp³-hybridized carbons (Fsp3) is 0.824. The molecule has 0 aromatic heterocycles. The Morgan fingerprint density at radius 1 is 0.542 bits per heavy atom. The van der Waals surface area contributed by atoms with Crippen LogP contribution in [0.3, 0.4) is 0 Å². The minimum atomic E-state index is -1.16. The summed E-state index contributed by atoms with van der Waals surface area (Å²) in [5.41, 5.74) is 0. The van der Waals surface area contributed by atoms with Gasteiger partial charge >= 0.3 is 18.0 Å². The second-order valence-corrected chi connectivity index (χ2v) is 11.9. The molecule has 0 aliphatic rings. The zero-order valence-electron chi connectivity index (χ0n) is 28.9. The minimum absolute atomic E-state index is 0.0108. The molecule has 0 saturated heterocycles. The van der Waals surface area contributed by atoms with Crippen molar-refractivity contribution in [2.24, 2.45) is 0 Å². The molecular weight excluding hydrogens is 624 g/mol. The fourth-order valence-electron chi connectivity index (χ4n) is 4.90. The number of ether oxygens (including phenoxy) is 2. The lowest BCUT2D eigenvalue weighted by Crippen LogP contribution is -2.41. The number of aliphatic carboxylic acids is 2. The number of carboxylic acid groups (broad SMARTS) is 2. The Bertz CT molecular complexity index is 875. The number of carboxylic acids is 2.